The van der Waals surface area contributed by atoms with Gasteiger partial charge in [-0.1, -0.05) is 111 Å². The molecule has 0 spiro atoms. The average Bonchev–Trinajstić information content (AvgIpc) is 3.47. The number of anilines is 3. The highest BCUT2D eigenvalue weighted by Gasteiger charge is 2.38. The fraction of sp³-hybridized carbons (Fsp3) is 0.245. The molecule has 11 rings (SSSR count). The summed E-state index contributed by atoms with van der Waals surface area (Å²) in [7, 11) is 0. The maximum atomic E-state index is 2.61. The molecular formula is C53H48N2. The Morgan fingerprint density at radius 3 is 2.13 bits per heavy atom. The second-order valence-corrected chi connectivity index (χ2v) is 16.9. The Morgan fingerprint density at radius 2 is 1.29 bits per heavy atom. The Kier molecular flexibility index (Phi) is 7.60. The number of fused-ring (bicyclic) bond motifs is 5. The van der Waals surface area contributed by atoms with E-state index in [1.54, 1.807) is 11.1 Å². The average molecular weight is 713 g/mol. The van der Waals surface area contributed by atoms with E-state index in [4.69, 9.17) is 0 Å². The van der Waals surface area contributed by atoms with Crippen molar-refractivity contribution >= 4 is 49.8 Å². The number of aryl methyl sites for hydroxylation is 1. The van der Waals surface area contributed by atoms with Gasteiger partial charge in [-0.15, -0.1) is 0 Å². The molecule has 0 saturated heterocycles. The molecule has 0 atom stereocenters. The summed E-state index contributed by atoms with van der Waals surface area (Å²) in [4.78, 5) is 5.18. The number of nitrogens with zero attached hydrogens (tertiary/aromatic N) is 2. The number of benzene rings is 6. The van der Waals surface area contributed by atoms with Crippen LogP contribution in [-0.4, -0.2) is 13.1 Å². The maximum Gasteiger partial charge on any atom is 0.0443 e. The molecule has 0 unspecified atom stereocenters. The fourth-order valence-electron chi connectivity index (χ4n) is 10.9. The largest absolute Gasteiger partial charge is 0.342 e. The first-order chi connectivity index (χ1) is 27.0. The Bertz CT molecular complexity index is 2680. The molecule has 0 saturated carbocycles. The smallest absolute Gasteiger partial charge is 0.0443 e. The van der Waals surface area contributed by atoms with E-state index in [-0.39, 0.29) is 5.41 Å². The van der Waals surface area contributed by atoms with Crippen molar-refractivity contribution in [2.75, 3.05) is 22.9 Å². The monoisotopic (exact) mass is 712 g/mol. The quantitative estimate of drug-likeness (QED) is 0.168. The van der Waals surface area contributed by atoms with Crippen molar-refractivity contribution in [3.8, 4) is 11.1 Å². The predicted molar refractivity (Wildman–Crippen MR) is 234 cm³/mol. The second-order valence-electron chi connectivity index (χ2n) is 16.9. The van der Waals surface area contributed by atoms with Crippen LogP contribution >= 0.6 is 0 Å². The maximum absolute atomic E-state index is 2.61. The molecule has 2 aliphatic heterocycles. The molecule has 2 heteroatoms. The minimum atomic E-state index is -0.0254. The van der Waals surface area contributed by atoms with Gasteiger partial charge in [-0.2, -0.15) is 0 Å². The Labute approximate surface area is 325 Å². The standard InChI is InChI=1S/C53H48N2/c1-53(2)47-21-9-8-20-41(47)42-27-24-38(32-48(42)53)52-43-28-25-39(54-30-12-18-35-14-6-10-22-49(35)54)33-45(43)51(37-16-4-3-5-17-37)46-34-40(26-29-44(46)52)55-31-13-19-36-15-7-11-23-50(36)55/h3-6,8-11,14,16-17,20-23,25-26,28-29,32-34H,7,12-13,15,18-19,24,27,30-31H2,1-2H3. The molecule has 0 amide bonds. The minimum absolute atomic E-state index is 0.0254. The van der Waals surface area contributed by atoms with Crippen molar-refractivity contribution in [3.05, 3.63) is 173 Å². The fourth-order valence-corrected chi connectivity index (χ4v) is 10.9. The lowest BCUT2D eigenvalue weighted by Crippen LogP contribution is -2.28. The number of hydrogen-bond donors (Lipinski definition) is 0. The summed E-state index contributed by atoms with van der Waals surface area (Å²) >= 11 is 0. The van der Waals surface area contributed by atoms with E-state index in [1.165, 1.54) is 108 Å². The van der Waals surface area contributed by atoms with Crippen LogP contribution in [0.4, 0.5) is 17.1 Å². The molecule has 2 nitrogen and oxygen atoms in total. The number of allylic oxidation sites excluding steroid dienone is 7. The zero-order valence-electron chi connectivity index (χ0n) is 32.2. The van der Waals surface area contributed by atoms with Crippen molar-refractivity contribution in [3.63, 3.8) is 0 Å². The van der Waals surface area contributed by atoms with Gasteiger partial charge in [-0.05, 0) is 165 Å². The number of rotatable bonds is 4. The Balaban J connectivity index is 1.20. The normalized spacial score (nSPS) is 18.7. The highest BCUT2D eigenvalue weighted by molar-refractivity contribution is 6.20. The van der Waals surface area contributed by atoms with Gasteiger partial charge in [0.15, 0.2) is 0 Å². The van der Waals surface area contributed by atoms with Gasteiger partial charge in [-0.3, -0.25) is 0 Å². The van der Waals surface area contributed by atoms with Crippen molar-refractivity contribution < 1.29 is 0 Å². The summed E-state index contributed by atoms with van der Waals surface area (Å²) in [6.07, 6.45) is 16.6. The third-order valence-electron chi connectivity index (χ3n) is 13.5. The molecule has 55 heavy (non-hydrogen) atoms. The molecule has 3 aliphatic carbocycles. The molecule has 6 aromatic carbocycles. The van der Waals surface area contributed by atoms with Crippen molar-refractivity contribution in [2.45, 2.75) is 70.6 Å². The molecule has 5 aliphatic rings. The van der Waals surface area contributed by atoms with E-state index in [2.05, 4.69) is 157 Å². The van der Waals surface area contributed by atoms with Gasteiger partial charge in [0.2, 0.25) is 0 Å². The van der Waals surface area contributed by atoms with Crippen molar-refractivity contribution in [2.24, 2.45) is 0 Å². The summed E-state index contributed by atoms with van der Waals surface area (Å²) < 4.78 is 0. The van der Waals surface area contributed by atoms with Gasteiger partial charge in [-0.25, -0.2) is 0 Å². The highest BCUT2D eigenvalue weighted by atomic mass is 15.1. The molecule has 0 fully saturated rings. The summed E-state index contributed by atoms with van der Waals surface area (Å²) in [6.45, 7) is 6.95. The van der Waals surface area contributed by atoms with E-state index in [0.717, 1.165) is 45.2 Å². The summed E-state index contributed by atoms with van der Waals surface area (Å²) in [5.74, 6) is 0. The van der Waals surface area contributed by atoms with Crippen LogP contribution in [0.2, 0.25) is 0 Å². The van der Waals surface area contributed by atoms with Crippen LogP contribution in [0.5, 0.6) is 0 Å². The molecule has 0 radical (unpaired) electrons. The third-order valence-corrected chi connectivity index (χ3v) is 13.5. The lowest BCUT2D eigenvalue weighted by Gasteiger charge is -2.35. The Hall–Kier alpha value is -5.60. The SMILES string of the molecule is CC1(C)C2=C(CCC(c3c4ccc(N5CCCC6=C5C=CCC6)cc4c(-c4ccccc4)c4cc(N5CCCc6ccccc65)ccc34)=C2)c2ccccc21. The lowest BCUT2D eigenvalue weighted by atomic mass is 9.76. The van der Waals surface area contributed by atoms with Gasteiger partial charge >= 0.3 is 0 Å². The van der Waals surface area contributed by atoms with E-state index in [9.17, 15) is 0 Å². The Morgan fingerprint density at radius 1 is 0.582 bits per heavy atom. The first kappa shape index (κ1) is 32.8. The topological polar surface area (TPSA) is 6.48 Å². The zero-order chi connectivity index (χ0) is 36.7. The van der Waals surface area contributed by atoms with Crippen LogP contribution in [0.15, 0.2) is 150 Å². The summed E-state index contributed by atoms with van der Waals surface area (Å²) in [5, 5.41) is 5.41. The number of hydrogen-bond acceptors (Lipinski definition) is 2. The van der Waals surface area contributed by atoms with Crippen LogP contribution < -0.4 is 9.80 Å². The molecular weight excluding hydrogens is 665 g/mol. The molecule has 6 aromatic rings. The van der Waals surface area contributed by atoms with E-state index >= 15 is 0 Å². The van der Waals surface area contributed by atoms with Crippen molar-refractivity contribution in [1.82, 2.24) is 0 Å². The summed E-state index contributed by atoms with van der Waals surface area (Å²) in [5.41, 5.74) is 19.9. The third kappa shape index (κ3) is 5.14. The highest BCUT2D eigenvalue weighted by Crippen LogP contribution is 2.54. The van der Waals surface area contributed by atoms with E-state index < -0.39 is 0 Å². The van der Waals surface area contributed by atoms with Crippen LogP contribution in [0.25, 0.3) is 43.8 Å². The van der Waals surface area contributed by atoms with Crippen molar-refractivity contribution in [1.29, 1.82) is 0 Å². The molecule has 0 N–H and O–H groups in total. The second kappa shape index (κ2) is 12.7. The van der Waals surface area contributed by atoms with Crippen LogP contribution in [0.3, 0.4) is 0 Å². The zero-order valence-corrected chi connectivity index (χ0v) is 32.2. The lowest BCUT2D eigenvalue weighted by molar-refractivity contribution is 0.652. The summed E-state index contributed by atoms with van der Waals surface area (Å²) in [6, 6.07) is 44.2. The van der Waals surface area contributed by atoms with Gasteiger partial charge < -0.3 is 9.80 Å². The molecule has 0 bridgehead atoms. The minimum Gasteiger partial charge on any atom is -0.342 e. The number of para-hydroxylation sites is 1. The van der Waals surface area contributed by atoms with Crippen LogP contribution in [0, 0.1) is 0 Å². The first-order valence-corrected chi connectivity index (χ1v) is 20.7. The molecule has 270 valence electrons. The van der Waals surface area contributed by atoms with Crippen LogP contribution in [0.1, 0.15) is 81.0 Å². The van der Waals surface area contributed by atoms with Crippen LogP contribution in [-0.2, 0) is 11.8 Å². The van der Waals surface area contributed by atoms with Gasteiger partial charge in [0.25, 0.3) is 0 Å². The van der Waals surface area contributed by atoms with Gasteiger partial charge in [0.05, 0.1) is 0 Å². The van der Waals surface area contributed by atoms with Gasteiger partial charge in [0, 0.05) is 41.3 Å². The van der Waals surface area contributed by atoms with E-state index in [0.29, 0.717) is 0 Å². The van der Waals surface area contributed by atoms with E-state index in [1.807, 2.05) is 0 Å². The molecule has 0 aromatic heterocycles. The molecule has 2 heterocycles. The predicted octanol–water partition coefficient (Wildman–Crippen LogP) is 13.9. The first-order valence-electron chi connectivity index (χ1n) is 20.7. The van der Waals surface area contributed by atoms with Gasteiger partial charge in [0.1, 0.15) is 0 Å².